The maximum absolute atomic E-state index is 11.8. The minimum absolute atomic E-state index is 0.203. The quantitative estimate of drug-likeness (QED) is 0.440. The van der Waals surface area contributed by atoms with Crippen molar-refractivity contribution < 1.29 is 19.0 Å². The van der Waals surface area contributed by atoms with Crippen LogP contribution in [0.3, 0.4) is 0 Å². The summed E-state index contributed by atoms with van der Waals surface area (Å²) in [5, 5.41) is 3.20. The molecule has 5 nitrogen and oxygen atoms in total. The number of rotatable bonds is 12. The topological polar surface area (TPSA) is 56.8 Å². The number of likely N-dealkylation sites (N-methyl/N-ethyl adjacent to an activating group) is 1. The Kier molecular flexibility index (Phi) is 10.7. The van der Waals surface area contributed by atoms with Gasteiger partial charge >= 0.3 is 5.97 Å². The van der Waals surface area contributed by atoms with E-state index >= 15 is 0 Å². The minimum atomic E-state index is -0.593. The maximum atomic E-state index is 11.8. The largest absolute Gasteiger partial charge is 0.468 e. The zero-order valence-electron chi connectivity index (χ0n) is 13.7. The van der Waals surface area contributed by atoms with Crippen molar-refractivity contribution in [1.82, 2.24) is 5.32 Å². The molecular weight excluding hydrogens is 258 g/mol. The highest BCUT2D eigenvalue weighted by Crippen LogP contribution is 2.15. The van der Waals surface area contributed by atoms with Crippen LogP contribution in [0.1, 0.15) is 47.0 Å². The van der Waals surface area contributed by atoms with Crippen LogP contribution in [-0.2, 0) is 19.0 Å². The van der Waals surface area contributed by atoms with Crippen LogP contribution < -0.4 is 5.32 Å². The number of methoxy groups -OCH3 is 1. The number of hydrogen-bond donors (Lipinski definition) is 1. The fraction of sp³-hybridized carbons (Fsp3) is 0.933. The first-order valence-electron chi connectivity index (χ1n) is 7.49. The number of hydrogen-bond acceptors (Lipinski definition) is 5. The Hall–Kier alpha value is -0.650. The lowest BCUT2D eigenvalue weighted by Gasteiger charge is -2.27. The van der Waals surface area contributed by atoms with Crippen LogP contribution in [0.4, 0.5) is 0 Å². The molecule has 0 spiro atoms. The Morgan fingerprint density at radius 3 is 2.45 bits per heavy atom. The summed E-state index contributed by atoms with van der Waals surface area (Å²) in [6, 6.07) is 0. The zero-order chi connectivity index (χ0) is 15.4. The van der Waals surface area contributed by atoms with E-state index in [1.165, 1.54) is 7.11 Å². The number of unbranched alkanes of at least 4 members (excludes halogenated alkanes) is 1. The Morgan fingerprint density at radius 1 is 1.20 bits per heavy atom. The lowest BCUT2D eigenvalue weighted by atomic mass is 9.95. The molecule has 1 atom stereocenters. The van der Waals surface area contributed by atoms with Crippen LogP contribution in [0.15, 0.2) is 0 Å². The fourth-order valence-electron chi connectivity index (χ4n) is 2.01. The van der Waals surface area contributed by atoms with Crippen molar-refractivity contribution in [3.8, 4) is 0 Å². The molecule has 20 heavy (non-hydrogen) atoms. The predicted molar refractivity (Wildman–Crippen MR) is 79.9 cm³/mol. The molecule has 0 heterocycles. The lowest BCUT2D eigenvalue weighted by Crippen LogP contribution is -2.50. The van der Waals surface area contributed by atoms with Crippen molar-refractivity contribution in [3.63, 3.8) is 0 Å². The van der Waals surface area contributed by atoms with E-state index in [1.807, 2.05) is 27.7 Å². The number of carbonyl (C=O) groups is 1. The molecule has 0 bridgehead atoms. The highest BCUT2D eigenvalue weighted by atomic mass is 16.5. The molecule has 0 aliphatic rings. The molecular formula is C15H31NO4. The average Bonchev–Trinajstić information content (AvgIpc) is 2.40. The number of carbonyl (C=O) groups excluding carboxylic acids is 1. The summed E-state index contributed by atoms with van der Waals surface area (Å²) in [6.07, 6.45) is 2.85. The molecule has 1 unspecified atom stereocenters. The van der Waals surface area contributed by atoms with Crippen molar-refractivity contribution in [2.24, 2.45) is 0 Å². The van der Waals surface area contributed by atoms with E-state index in [0.717, 1.165) is 25.8 Å². The smallest absolute Gasteiger partial charge is 0.325 e. The summed E-state index contributed by atoms with van der Waals surface area (Å²) in [6.45, 7) is 10.6. The van der Waals surface area contributed by atoms with E-state index in [0.29, 0.717) is 19.8 Å². The van der Waals surface area contributed by atoms with Gasteiger partial charge in [-0.05, 0) is 46.6 Å². The first-order valence-corrected chi connectivity index (χ1v) is 7.49. The van der Waals surface area contributed by atoms with E-state index < -0.39 is 5.54 Å². The van der Waals surface area contributed by atoms with Gasteiger partial charge in [0, 0.05) is 6.61 Å². The predicted octanol–water partition coefficient (Wildman–Crippen LogP) is 2.14. The molecule has 0 rings (SSSR count). The Morgan fingerprint density at radius 2 is 1.90 bits per heavy atom. The molecule has 5 heteroatoms. The zero-order valence-corrected chi connectivity index (χ0v) is 13.7. The minimum Gasteiger partial charge on any atom is -0.468 e. The van der Waals surface area contributed by atoms with Gasteiger partial charge in [-0.25, -0.2) is 0 Å². The summed E-state index contributed by atoms with van der Waals surface area (Å²) in [4.78, 5) is 11.8. The normalized spacial score (nSPS) is 14.3. The van der Waals surface area contributed by atoms with Gasteiger partial charge in [0.1, 0.15) is 5.54 Å². The first-order chi connectivity index (χ1) is 9.46. The average molecular weight is 289 g/mol. The molecule has 1 N–H and O–H groups in total. The lowest BCUT2D eigenvalue weighted by molar-refractivity contribution is -0.148. The van der Waals surface area contributed by atoms with Gasteiger partial charge < -0.3 is 19.5 Å². The third-order valence-electron chi connectivity index (χ3n) is 3.10. The summed E-state index contributed by atoms with van der Waals surface area (Å²) >= 11 is 0. The van der Waals surface area contributed by atoms with Crippen molar-refractivity contribution in [2.45, 2.75) is 58.6 Å². The molecule has 0 aromatic rings. The van der Waals surface area contributed by atoms with Crippen LogP contribution in [0.5, 0.6) is 0 Å². The maximum Gasteiger partial charge on any atom is 0.325 e. The molecule has 0 aliphatic heterocycles. The van der Waals surface area contributed by atoms with Gasteiger partial charge in [-0.1, -0.05) is 6.92 Å². The highest BCUT2D eigenvalue weighted by Gasteiger charge is 2.32. The van der Waals surface area contributed by atoms with E-state index in [4.69, 9.17) is 14.2 Å². The third kappa shape index (κ3) is 8.51. The van der Waals surface area contributed by atoms with Crippen molar-refractivity contribution >= 4 is 5.97 Å². The van der Waals surface area contributed by atoms with E-state index in [2.05, 4.69) is 5.32 Å². The Bertz CT molecular complexity index is 258. The molecule has 0 saturated carbocycles. The molecule has 0 radical (unpaired) electrons. The van der Waals surface area contributed by atoms with E-state index in [1.54, 1.807) is 0 Å². The molecule has 0 fully saturated rings. The van der Waals surface area contributed by atoms with Gasteiger partial charge in [-0.2, -0.15) is 0 Å². The molecule has 120 valence electrons. The van der Waals surface area contributed by atoms with Gasteiger partial charge in [0.2, 0.25) is 0 Å². The van der Waals surface area contributed by atoms with Gasteiger partial charge in [-0.3, -0.25) is 4.79 Å². The molecule has 0 aliphatic carbocycles. The Balaban J connectivity index is 3.72. The van der Waals surface area contributed by atoms with Crippen LogP contribution in [0, 0.1) is 0 Å². The first kappa shape index (κ1) is 19.4. The van der Waals surface area contributed by atoms with Gasteiger partial charge in [0.25, 0.3) is 0 Å². The standard InChI is InChI=1S/C15H31NO4/c1-6-16-15(4,14(17)18-5)9-7-8-10-19-11-12-20-13(2)3/h13,16H,6-12H2,1-5H3. The summed E-state index contributed by atoms with van der Waals surface area (Å²) in [5.74, 6) is -0.203. The summed E-state index contributed by atoms with van der Waals surface area (Å²) < 4.78 is 15.7. The third-order valence-corrected chi connectivity index (χ3v) is 3.10. The van der Waals surface area contributed by atoms with E-state index in [-0.39, 0.29) is 12.1 Å². The SMILES string of the molecule is CCNC(C)(CCCCOCCOC(C)C)C(=O)OC. The Labute approximate surface area is 123 Å². The monoisotopic (exact) mass is 289 g/mol. The van der Waals surface area contributed by atoms with Gasteiger partial charge in [0.05, 0.1) is 26.4 Å². The van der Waals surface area contributed by atoms with Gasteiger partial charge in [0.15, 0.2) is 0 Å². The van der Waals surface area contributed by atoms with Crippen molar-refractivity contribution in [1.29, 1.82) is 0 Å². The molecule has 0 saturated heterocycles. The number of esters is 1. The van der Waals surface area contributed by atoms with Crippen molar-refractivity contribution in [3.05, 3.63) is 0 Å². The molecule has 0 amide bonds. The summed E-state index contributed by atoms with van der Waals surface area (Å²) in [7, 11) is 1.43. The molecule has 0 aromatic carbocycles. The highest BCUT2D eigenvalue weighted by molar-refractivity contribution is 5.80. The van der Waals surface area contributed by atoms with E-state index in [9.17, 15) is 4.79 Å². The van der Waals surface area contributed by atoms with Crippen LogP contribution >= 0.6 is 0 Å². The second kappa shape index (κ2) is 11.1. The number of nitrogens with one attached hydrogen (secondary N) is 1. The fourth-order valence-corrected chi connectivity index (χ4v) is 2.01. The molecule has 0 aromatic heterocycles. The van der Waals surface area contributed by atoms with Crippen LogP contribution in [-0.4, -0.2) is 51.1 Å². The van der Waals surface area contributed by atoms with Crippen molar-refractivity contribution in [2.75, 3.05) is 33.5 Å². The number of ether oxygens (including phenoxy) is 3. The van der Waals surface area contributed by atoms with Gasteiger partial charge in [-0.15, -0.1) is 0 Å². The van der Waals surface area contributed by atoms with Crippen LogP contribution in [0.25, 0.3) is 0 Å². The summed E-state index contributed by atoms with van der Waals surface area (Å²) in [5.41, 5.74) is -0.593. The second-order valence-electron chi connectivity index (χ2n) is 5.34. The second-order valence-corrected chi connectivity index (χ2v) is 5.34. The van der Waals surface area contributed by atoms with Crippen LogP contribution in [0.2, 0.25) is 0 Å².